The van der Waals surface area contributed by atoms with Gasteiger partial charge in [-0.3, -0.25) is 5.41 Å². The number of amidine groups is 1. The molecule has 0 fully saturated rings. The van der Waals surface area contributed by atoms with Crippen molar-refractivity contribution >= 4 is 5.84 Å². The van der Waals surface area contributed by atoms with Gasteiger partial charge in [-0.05, 0) is 18.8 Å². The molecule has 0 bridgehead atoms. The van der Waals surface area contributed by atoms with Crippen LogP contribution in [-0.2, 0) is 4.74 Å². The lowest BCUT2D eigenvalue weighted by molar-refractivity contribution is 0.105. The van der Waals surface area contributed by atoms with Gasteiger partial charge in [0.05, 0.1) is 5.84 Å². The van der Waals surface area contributed by atoms with E-state index in [1.165, 1.54) is 0 Å². The highest BCUT2D eigenvalue weighted by Gasteiger charge is 2.20. The van der Waals surface area contributed by atoms with E-state index in [0.717, 1.165) is 32.5 Å². The number of rotatable bonds is 8. The maximum absolute atomic E-state index is 7.42. The number of ether oxygens (including phenoxy) is 1. The summed E-state index contributed by atoms with van der Waals surface area (Å²) in [6.07, 6.45) is 3.10. The average Bonchev–Trinajstić information content (AvgIpc) is 2.10. The maximum atomic E-state index is 7.42. The molecule has 0 unspecified atom stereocenters. The fraction of sp³-hybridized carbons (Fsp3) is 0.917. The van der Waals surface area contributed by atoms with Gasteiger partial charge in [-0.1, -0.05) is 34.1 Å². The van der Waals surface area contributed by atoms with Crippen LogP contribution in [0.25, 0.3) is 0 Å². The van der Waals surface area contributed by atoms with Gasteiger partial charge in [0.15, 0.2) is 0 Å². The fourth-order valence-electron chi connectivity index (χ4n) is 1.22. The van der Waals surface area contributed by atoms with Gasteiger partial charge in [-0.15, -0.1) is 0 Å². The molecule has 90 valence electrons. The number of hydrogen-bond donors (Lipinski definition) is 2. The summed E-state index contributed by atoms with van der Waals surface area (Å²) in [7, 11) is 0. The quantitative estimate of drug-likeness (QED) is 0.371. The van der Waals surface area contributed by atoms with Crippen LogP contribution in [0, 0.1) is 16.7 Å². The molecule has 0 aliphatic rings. The van der Waals surface area contributed by atoms with Crippen molar-refractivity contribution in [3.05, 3.63) is 0 Å². The Labute approximate surface area is 93.9 Å². The highest BCUT2D eigenvalue weighted by molar-refractivity contribution is 5.82. The Balaban J connectivity index is 3.43. The van der Waals surface area contributed by atoms with Crippen molar-refractivity contribution in [3.8, 4) is 0 Å². The molecule has 0 aliphatic heterocycles. The predicted octanol–water partition coefficient (Wildman–Crippen LogP) is 2.79. The number of hydrogen-bond acceptors (Lipinski definition) is 2. The van der Waals surface area contributed by atoms with E-state index in [1.54, 1.807) is 0 Å². The molecular formula is C12H26N2O. The minimum absolute atomic E-state index is 0.155. The van der Waals surface area contributed by atoms with Gasteiger partial charge >= 0.3 is 0 Å². The zero-order chi connectivity index (χ0) is 11.9. The minimum atomic E-state index is -0.155. The monoisotopic (exact) mass is 214 g/mol. The second-order valence-corrected chi connectivity index (χ2v) is 5.22. The molecule has 0 aliphatic carbocycles. The van der Waals surface area contributed by atoms with Crippen molar-refractivity contribution in [3.63, 3.8) is 0 Å². The van der Waals surface area contributed by atoms with E-state index in [-0.39, 0.29) is 11.3 Å². The molecular weight excluding hydrogens is 188 g/mol. The van der Waals surface area contributed by atoms with Crippen LogP contribution in [0.1, 0.15) is 47.0 Å². The number of unbranched alkanes of at least 4 members (excludes halogenated alkanes) is 1. The molecule has 15 heavy (non-hydrogen) atoms. The summed E-state index contributed by atoms with van der Waals surface area (Å²) >= 11 is 0. The van der Waals surface area contributed by atoms with Crippen molar-refractivity contribution in [1.29, 1.82) is 5.41 Å². The van der Waals surface area contributed by atoms with Crippen molar-refractivity contribution < 1.29 is 4.74 Å². The smallest absolute Gasteiger partial charge is 0.0963 e. The fourth-order valence-corrected chi connectivity index (χ4v) is 1.22. The van der Waals surface area contributed by atoms with Crippen LogP contribution in [-0.4, -0.2) is 19.0 Å². The predicted molar refractivity (Wildman–Crippen MR) is 65.2 cm³/mol. The summed E-state index contributed by atoms with van der Waals surface area (Å²) in [5, 5.41) is 7.42. The van der Waals surface area contributed by atoms with Gasteiger partial charge in [0.2, 0.25) is 0 Å². The maximum Gasteiger partial charge on any atom is 0.0963 e. The molecule has 0 radical (unpaired) electrons. The Kier molecular flexibility index (Phi) is 6.57. The summed E-state index contributed by atoms with van der Waals surface area (Å²) < 4.78 is 5.49. The second kappa shape index (κ2) is 6.83. The van der Waals surface area contributed by atoms with Gasteiger partial charge in [0.25, 0.3) is 0 Å². The standard InChI is InChI=1S/C12H26N2O/c1-10(2)9-15-8-6-5-7-12(3,4)11(13)14/h10H,5-9H2,1-4H3,(H3,13,14). The van der Waals surface area contributed by atoms with Crippen molar-refractivity contribution in [2.24, 2.45) is 17.1 Å². The van der Waals surface area contributed by atoms with Gasteiger partial charge in [-0.25, -0.2) is 0 Å². The second-order valence-electron chi connectivity index (χ2n) is 5.22. The summed E-state index contributed by atoms with van der Waals surface area (Å²) in [6, 6.07) is 0. The molecule has 0 heterocycles. The van der Waals surface area contributed by atoms with E-state index in [9.17, 15) is 0 Å². The summed E-state index contributed by atoms with van der Waals surface area (Å²) in [4.78, 5) is 0. The van der Waals surface area contributed by atoms with Crippen molar-refractivity contribution in [2.75, 3.05) is 13.2 Å². The highest BCUT2D eigenvalue weighted by Crippen LogP contribution is 2.22. The summed E-state index contributed by atoms with van der Waals surface area (Å²) in [5.41, 5.74) is 5.35. The van der Waals surface area contributed by atoms with E-state index in [1.807, 2.05) is 13.8 Å². The Hall–Kier alpha value is -0.570. The van der Waals surface area contributed by atoms with E-state index in [0.29, 0.717) is 5.92 Å². The van der Waals surface area contributed by atoms with Crippen LogP contribution < -0.4 is 5.73 Å². The third kappa shape index (κ3) is 7.37. The molecule has 0 spiro atoms. The lowest BCUT2D eigenvalue weighted by atomic mass is 9.86. The Morgan fingerprint density at radius 2 is 1.93 bits per heavy atom. The SMILES string of the molecule is CC(C)COCCCCC(C)(C)C(=N)N. The summed E-state index contributed by atoms with van der Waals surface area (Å²) in [6.45, 7) is 10.0. The van der Waals surface area contributed by atoms with Crippen LogP contribution in [0.4, 0.5) is 0 Å². The topological polar surface area (TPSA) is 59.1 Å². The Morgan fingerprint density at radius 1 is 1.33 bits per heavy atom. The third-order valence-electron chi connectivity index (χ3n) is 2.52. The molecule has 3 nitrogen and oxygen atoms in total. The molecule has 0 rings (SSSR count). The first-order valence-corrected chi connectivity index (χ1v) is 5.78. The van der Waals surface area contributed by atoms with E-state index in [4.69, 9.17) is 15.9 Å². The molecule has 3 N–H and O–H groups in total. The highest BCUT2D eigenvalue weighted by atomic mass is 16.5. The first-order chi connectivity index (χ1) is 6.86. The zero-order valence-electron chi connectivity index (χ0n) is 10.6. The number of nitrogens with two attached hydrogens (primary N) is 1. The van der Waals surface area contributed by atoms with E-state index >= 15 is 0 Å². The van der Waals surface area contributed by atoms with Gasteiger partial charge < -0.3 is 10.5 Å². The average molecular weight is 214 g/mol. The van der Waals surface area contributed by atoms with Gasteiger partial charge in [0, 0.05) is 18.6 Å². The van der Waals surface area contributed by atoms with Crippen LogP contribution in [0.2, 0.25) is 0 Å². The molecule has 0 saturated heterocycles. The first kappa shape index (κ1) is 14.4. The van der Waals surface area contributed by atoms with Crippen LogP contribution in [0.3, 0.4) is 0 Å². The van der Waals surface area contributed by atoms with Crippen LogP contribution in [0.5, 0.6) is 0 Å². The lowest BCUT2D eigenvalue weighted by Gasteiger charge is -2.22. The largest absolute Gasteiger partial charge is 0.387 e. The molecule has 0 aromatic heterocycles. The van der Waals surface area contributed by atoms with Crippen LogP contribution in [0.15, 0.2) is 0 Å². The van der Waals surface area contributed by atoms with Gasteiger partial charge in [-0.2, -0.15) is 0 Å². The van der Waals surface area contributed by atoms with E-state index in [2.05, 4.69) is 13.8 Å². The normalized spacial score (nSPS) is 12.1. The summed E-state index contributed by atoms with van der Waals surface area (Å²) in [5.74, 6) is 0.893. The Bertz CT molecular complexity index is 188. The molecule has 0 aromatic rings. The number of nitrogens with one attached hydrogen (secondary N) is 1. The third-order valence-corrected chi connectivity index (χ3v) is 2.52. The molecule has 3 heteroatoms. The zero-order valence-corrected chi connectivity index (χ0v) is 10.6. The minimum Gasteiger partial charge on any atom is -0.387 e. The molecule has 0 atom stereocenters. The molecule has 0 amide bonds. The Morgan fingerprint density at radius 3 is 2.40 bits per heavy atom. The molecule has 0 saturated carbocycles. The van der Waals surface area contributed by atoms with Gasteiger partial charge in [0.1, 0.15) is 0 Å². The van der Waals surface area contributed by atoms with Crippen molar-refractivity contribution in [1.82, 2.24) is 0 Å². The van der Waals surface area contributed by atoms with Crippen molar-refractivity contribution in [2.45, 2.75) is 47.0 Å². The van der Waals surface area contributed by atoms with E-state index < -0.39 is 0 Å². The molecule has 0 aromatic carbocycles. The van der Waals surface area contributed by atoms with Crippen LogP contribution >= 0.6 is 0 Å². The lowest BCUT2D eigenvalue weighted by Crippen LogP contribution is -2.30. The first-order valence-electron chi connectivity index (χ1n) is 5.78.